The molecule has 0 aliphatic carbocycles. The first-order chi connectivity index (χ1) is 12.6. The van der Waals surface area contributed by atoms with Crippen LogP contribution in [0.2, 0.25) is 0 Å². The summed E-state index contributed by atoms with van der Waals surface area (Å²) in [5.41, 5.74) is 6.72. The summed E-state index contributed by atoms with van der Waals surface area (Å²) < 4.78 is 0. The molecular formula is C20H33N5O. The van der Waals surface area contributed by atoms with Gasteiger partial charge in [0.2, 0.25) is 5.91 Å². The number of nitrogens with zero attached hydrogens (tertiary/aromatic N) is 3. The second-order valence-corrected chi connectivity index (χ2v) is 6.97. The van der Waals surface area contributed by atoms with Crippen molar-refractivity contribution < 1.29 is 4.79 Å². The molecule has 1 aromatic carbocycles. The van der Waals surface area contributed by atoms with Gasteiger partial charge in [-0.05, 0) is 44.8 Å². The number of likely N-dealkylation sites (tertiary alicyclic amines) is 1. The Morgan fingerprint density at radius 2 is 2.15 bits per heavy atom. The van der Waals surface area contributed by atoms with Crippen LogP contribution >= 0.6 is 0 Å². The molecule has 1 fully saturated rings. The third kappa shape index (κ3) is 6.67. The van der Waals surface area contributed by atoms with Gasteiger partial charge in [0.25, 0.3) is 0 Å². The van der Waals surface area contributed by atoms with Crippen LogP contribution in [0.4, 0.5) is 0 Å². The topological polar surface area (TPSA) is 74.0 Å². The third-order valence-corrected chi connectivity index (χ3v) is 4.76. The molecule has 1 aliphatic heterocycles. The van der Waals surface area contributed by atoms with E-state index in [0.29, 0.717) is 0 Å². The van der Waals surface area contributed by atoms with Crippen molar-refractivity contribution in [2.75, 3.05) is 39.8 Å². The second kappa shape index (κ2) is 10.8. The molecular weight excluding hydrogens is 326 g/mol. The highest BCUT2D eigenvalue weighted by molar-refractivity contribution is 5.79. The SMILES string of the molecule is CCNC(=NCCCN1CCCC(C(N)=O)C1)N(C)Cc1ccccc1. The van der Waals surface area contributed by atoms with Crippen LogP contribution in [0, 0.1) is 5.92 Å². The summed E-state index contributed by atoms with van der Waals surface area (Å²) in [5.74, 6) is 0.788. The Hall–Kier alpha value is -2.08. The highest BCUT2D eigenvalue weighted by Crippen LogP contribution is 2.16. The van der Waals surface area contributed by atoms with Crippen molar-refractivity contribution in [1.82, 2.24) is 15.1 Å². The number of primary amides is 1. The average molecular weight is 360 g/mol. The molecule has 0 spiro atoms. The van der Waals surface area contributed by atoms with Crippen LogP contribution < -0.4 is 11.1 Å². The van der Waals surface area contributed by atoms with Gasteiger partial charge in [-0.25, -0.2) is 0 Å². The molecule has 1 unspecified atom stereocenters. The van der Waals surface area contributed by atoms with Crippen molar-refractivity contribution in [3.8, 4) is 0 Å². The molecule has 6 heteroatoms. The summed E-state index contributed by atoms with van der Waals surface area (Å²) >= 11 is 0. The first kappa shape index (κ1) is 20.2. The normalized spacial score (nSPS) is 18.5. The molecule has 1 heterocycles. The first-order valence-corrected chi connectivity index (χ1v) is 9.65. The summed E-state index contributed by atoms with van der Waals surface area (Å²) in [5, 5.41) is 3.36. The lowest BCUT2D eigenvalue weighted by Crippen LogP contribution is -2.41. The van der Waals surface area contributed by atoms with E-state index in [4.69, 9.17) is 10.7 Å². The van der Waals surface area contributed by atoms with E-state index < -0.39 is 0 Å². The highest BCUT2D eigenvalue weighted by atomic mass is 16.1. The fourth-order valence-corrected chi connectivity index (χ4v) is 3.37. The Labute approximate surface area is 157 Å². The van der Waals surface area contributed by atoms with Crippen molar-refractivity contribution >= 4 is 11.9 Å². The number of carbonyl (C=O) groups excluding carboxylic acids is 1. The summed E-state index contributed by atoms with van der Waals surface area (Å²) in [6.45, 7) is 7.37. The minimum atomic E-state index is -0.162. The number of nitrogens with one attached hydrogen (secondary N) is 1. The fourth-order valence-electron chi connectivity index (χ4n) is 3.37. The summed E-state index contributed by atoms with van der Waals surface area (Å²) in [6.07, 6.45) is 2.97. The third-order valence-electron chi connectivity index (χ3n) is 4.76. The molecule has 0 bridgehead atoms. The Morgan fingerprint density at radius 3 is 2.85 bits per heavy atom. The van der Waals surface area contributed by atoms with Crippen molar-refractivity contribution in [2.45, 2.75) is 32.7 Å². The predicted molar refractivity (Wildman–Crippen MR) is 107 cm³/mol. The molecule has 1 saturated heterocycles. The largest absolute Gasteiger partial charge is 0.369 e. The Morgan fingerprint density at radius 1 is 1.38 bits per heavy atom. The number of benzene rings is 1. The van der Waals surface area contributed by atoms with Gasteiger partial charge in [-0.1, -0.05) is 30.3 Å². The van der Waals surface area contributed by atoms with Gasteiger partial charge in [0, 0.05) is 33.2 Å². The predicted octanol–water partition coefficient (Wildman–Crippen LogP) is 1.67. The lowest BCUT2D eigenvalue weighted by Gasteiger charge is -2.30. The molecule has 3 N–H and O–H groups in total. The number of hydrogen-bond donors (Lipinski definition) is 2. The smallest absolute Gasteiger partial charge is 0.221 e. The minimum absolute atomic E-state index is 0.0153. The maximum Gasteiger partial charge on any atom is 0.221 e. The van der Waals surface area contributed by atoms with Gasteiger partial charge in [0.15, 0.2) is 5.96 Å². The summed E-state index contributed by atoms with van der Waals surface area (Å²) in [6, 6.07) is 10.4. The monoisotopic (exact) mass is 359 g/mol. The van der Waals surface area contributed by atoms with E-state index in [2.05, 4.69) is 53.4 Å². The van der Waals surface area contributed by atoms with Gasteiger partial charge in [0.05, 0.1) is 5.92 Å². The molecule has 2 rings (SSSR count). The van der Waals surface area contributed by atoms with E-state index in [1.165, 1.54) is 5.56 Å². The van der Waals surface area contributed by atoms with Crippen LogP contribution in [-0.4, -0.2) is 61.4 Å². The van der Waals surface area contributed by atoms with E-state index in [1.807, 2.05) is 6.07 Å². The van der Waals surface area contributed by atoms with Crippen molar-refractivity contribution in [3.05, 3.63) is 35.9 Å². The molecule has 6 nitrogen and oxygen atoms in total. The maximum atomic E-state index is 11.4. The van der Waals surface area contributed by atoms with Crippen LogP contribution in [-0.2, 0) is 11.3 Å². The second-order valence-electron chi connectivity index (χ2n) is 6.97. The van der Waals surface area contributed by atoms with Crippen LogP contribution in [0.25, 0.3) is 0 Å². The molecule has 26 heavy (non-hydrogen) atoms. The molecule has 0 saturated carbocycles. The molecule has 1 aliphatic rings. The Bertz CT molecular complexity index is 575. The van der Waals surface area contributed by atoms with Crippen LogP contribution in [0.3, 0.4) is 0 Å². The number of aliphatic imine (C=N–C) groups is 1. The standard InChI is InChI=1S/C20H33N5O/c1-3-22-20(24(2)15-17-9-5-4-6-10-17)23-12-8-14-25-13-7-11-18(16-25)19(21)26/h4-6,9-10,18H,3,7-8,11-16H2,1-2H3,(H2,21,26)(H,22,23). The van der Waals surface area contributed by atoms with E-state index in [-0.39, 0.29) is 11.8 Å². The molecule has 0 aromatic heterocycles. The van der Waals surface area contributed by atoms with Crippen molar-refractivity contribution in [2.24, 2.45) is 16.6 Å². The number of carbonyl (C=O) groups is 1. The van der Waals surface area contributed by atoms with Crippen LogP contribution in [0.15, 0.2) is 35.3 Å². The van der Waals surface area contributed by atoms with Gasteiger partial charge in [-0.3, -0.25) is 9.79 Å². The quantitative estimate of drug-likeness (QED) is 0.421. The molecule has 1 aromatic rings. The van der Waals surface area contributed by atoms with Crippen molar-refractivity contribution in [3.63, 3.8) is 0 Å². The number of nitrogens with two attached hydrogens (primary N) is 1. The highest BCUT2D eigenvalue weighted by Gasteiger charge is 2.23. The minimum Gasteiger partial charge on any atom is -0.369 e. The first-order valence-electron chi connectivity index (χ1n) is 9.65. The summed E-state index contributed by atoms with van der Waals surface area (Å²) in [4.78, 5) is 20.6. The maximum absolute atomic E-state index is 11.4. The van der Waals surface area contributed by atoms with E-state index in [1.54, 1.807) is 0 Å². The number of rotatable bonds is 8. The number of amides is 1. The van der Waals surface area contributed by atoms with Crippen molar-refractivity contribution in [1.29, 1.82) is 0 Å². The Kier molecular flexibility index (Phi) is 8.41. The average Bonchev–Trinajstić information content (AvgIpc) is 2.65. The lowest BCUT2D eigenvalue weighted by atomic mass is 9.97. The van der Waals surface area contributed by atoms with Gasteiger partial charge in [-0.2, -0.15) is 0 Å². The number of hydrogen-bond acceptors (Lipinski definition) is 3. The van der Waals surface area contributed by atoms with Gasteiger partial charge in [0.1, 0.15) is 0 Å². The number of guanidine groups is 1. The number of piperidine rings is 1. The van der Waals surface area contributed by atoms with E-state index >= 15 is 0 Å². The summed E-state index contributed by atoms with van der Waals surface area (Å²) in [7, 11) is 2.07. The van der Waals surface area contributed by atoms with Gasteiger partial charge in [-0.15, -0.1) is 0 Å². The lowest BCUT2D eigenvalue weighted by molar-refractivity contribution is -0.123. The van der Waals surface area contributed by atoms with Crippen LogP contribution in [0.5, 0.6) is 0 Å². The zero-order valence-corrected chi connectivity index (χ0v) is 16.2. The molecule has 0 radical (unpaired) electrons. The van der Waals surface area contributed by atoms with Gasteiger partial charge < -0.3 is 20.9 Å². The molecule has 144 valence electrons. The molecule has 1 atom stereocenters. The zero-order valence-electron chi connectivity index (χ0n) is 16.2. The van der Waals surface area contributed by atoms with E-state index in [9.17, 15) is 4.79 Å². The van der Waals surface area contributed by atoms with Crippen LogP contribution in [0.1, 0.15) is 31.7 Å². The fraction of sp³-hybridized carbons (Fsp3) is 0.600. The van der Waals surface area contributed by atoms with E-state index in [0.717, 1.165) is 64.5 Å². The van der Waals surface area contributed by atoms with Gasteiger partial charge >= 0.3 is 0 Å². The molecule has 1 amide bonds. The Balaban J connectivity index is 1.80. The zero-order chi connectivity index (χ0) is 18.8.